The molecule has 3 nitrogen and oxygen atoms in total. The van der Waals surface area contributed by atoms with Crippen LogP contribution in [0.4, 0.5) is 0 Å². The van der Waals surface area contributed by atoms with Crippen LogP contribution in [0, 0.1) is 0 Å². The minimum absolute atomic E-state index is 0.312. The van der Waals surface area contributed by atoms with Crippen molar-refractivity contribution in [2.45, 2.75) is 32.0 Å². The van der Waals surface area contributed by atoms with Crippen LogP contribution in [0.5, 0.6) is 0 Å². The Hall–Kier alpha value is -0.328. The van der Waals surface area contributed by atoms with E-state index in [1.165, 1.54) is 34.9 Å². The summed E-state index contributed by atoms with van der Waals surface area (Å²) in [4.78, 5) is 19.5. The van der Waals surface area contributed by atoms with E-state index in [9.17, 15) is 9.59 Å². The Morgan fingerprint density at radius 2 is 1.82 bits per heavy atom. The Morgan fingerprint density at radius 3 is 1.82 bits per heavy atom. The van der Waals surface area contributed by atoms with Gasteiger partial charge in [0.15, 0.2) is 0 Å². The summed E-state index contributed by atoms with van der Waals surface area (Å²) >= 11 is 1.39. The third-order valence-corrected chi connectivity index (χ3v) is 1.90. The SMILES string of the molecule is CC(=O)CC(=O)O.CC[CH2][AlH2]. The minimum Gasteiger partial charge on any atom is -0.481 e. The molecule has 0 aromatic rings. The number of carbonyl (C=O) groups excluding carboxylic acids is 1. The van der Waals surface area contributed by atoms with E-state index in [1.807, 2.05) is 0 Å². The summed E-state index contributed by atoms with van der Waals surface area (Å²) in [6.45, 7) is 3.46. The summed E-state index contributed by atoms with van der Waals surface area (Å²) < 4.78 is 0. The zero-order valence-corrected chi connectivity index (χ0v) is 9.39. The first-order valence-electron chi connectivity index (χ1n) is 3.75. The number of rotatable bonds is 3. The normalized spacial score (nSPS) is 7.82. The van der Waals surface area contributed by atoms with Gasteiger partial charge in [0.1, 0.15) is 12.2 Å². The van der Waals surface area contributed by atoms with Gasteiger partial charge in [0.05, 0.1) is 0 Å². The maximum atomic E-state index is 9.87. The summed E-state index contributed by atoms with van der Waals surface area (Å²) in [6.07, 6.45) is 1.02. The molecule has 0 rings (SSSR count). The van der Waals surface area contributed by atoms with Gasteiger partial charge in [0.2, 0.25) is 16.3 Å². The number of hydrogen-bond donors (Lipinski definition) is 1. The molecule has 0 aromatic carbocycles. The van der Waals surface area contributed by atoms with Gasteiger partial charge in [-0.05, 0) is 6.92 Å². The summed E-state index contributed by atoms with van der Waals surface area (Å²) in [5.41, 5.74) is 0. The van der Waals surface area contributed by atoms with E-state index in [4.69, 9.17) is 5.11 Å². The molecule has 0 aliphatic rings. The van der Waals surface area contributed by atoms with Crippen LogP contribution in [-0.4, -0.2) is 33.1 Å². The predicted molar refractivity (Wildman–Crippen MR) is 46.6 cm³/mol. The van der Waals surface area contributed by atoms with Crippen molar-refractivity contribution in [3.05, 3.63) is 0 Å². The first kappa shape index (κ1) is 13.3. The fourth-order valence-electron chi connectivity index (χ4n) is 0.213. The standard InChI is InChI=1S/C4H6O3.C3H7.Al.2H/c1-3(5)2-4(6)7;1-3-2;;;/h2H2,1H3,(H,6,7);1,3H2,2H3;;;. The highest BCUT2D eigenvalue weighted by atomic mass is 27.0. The average molecular weight is 174 g/mol. The number of carbonyl (C=O) groups is 2. The topological polar surface area (TPSA) is 54.4 Å². The first-order valence-corrected chi connectivity index (χ1v) is 5.17. The minimum atomic E-state index is -1.06. The molecule has 0 fully saturated rings. The van der Waals surface area contributed by atoms with Gasteiger partial charge in [-0.2, -0.15) is 0 Å². The van der Waals surface area contributed by atoms with E-state index in [0.29, 0.717) is 0 Å². The molecule has 0 saturated heterocycles. The van der Waals surface area contributed by atoms with Gasteiger partial charge in [0, 0.05) is 0 Å². The molecule has 11 heavy (non-hydrogen) atoms. The van der Waals surface area contributed by atoms with Crippen LogP contribution in [0.3, 0.4) is 0 Å². The highest BCUT2D eigenvalue weighted by Gasteiger charge is 1.98. The third kappa shape index (κ3) is 26.1. The van der Waals surface area contributed by atoms with Crippen molar-refractivity contribution >= 4 is 28.0 Å². The van der Waals surface area contributed by atoms with Crippen molar-refractivity contribution in [2.75, 3.05) is 0 Å². The highest BCUT2D eigenvalue weighted by molar-refractivity contribution is 6.08. The molecule has 0 aliphatic carbocycles. The maximum Gasteiger partial charge on any atom is 0.310 e. The van der Waals surface area contributed by atoms with Crippen molar-refractivity contribution in [3.63, 3.8) is 0 Å². The lowest BCUT2D eigenvalue weighted by molar-refractivity contribution is -0.139. The quantitative estimate of drug-likeness (QED) is 0.500. The summed E-state index contributed by atoms with van der Waals surface area (Å²) in [6, 6.07) is 0. The molecular weight excluding hydrogens is 159 g/mol. The number of ketones is 1. The van der Waals surface area contributed by atoms with Gasteiger partial charge in [0.25, 0.3) is 0 Å². The number of hydrogen-bond acceptors (Lipinski definition) is 2. The summed E-state index contributed by atoms with van der Waals surface area (Å²) in [5.74, 6) is -1.37. The number of aliphatic carboxylic acids is 1. The molecular formula is C7H15AlO3. The van der Waals surface area contributed by atoms with E-state index in [-0.39, 0.29) is 12.2 Å². The molecule has 0 heterocycles. The second-order valence-electron chi connectivity index (χ2n) is 2.27. The zero-order chi connectivity index (χ0) is 9.28. The average Bonchev–Trinajstić information content (AvgIpc) is 1.85. The molecule has 0 atom stereocenters. The van der Waals surface area contributed by atoms with Crippen LogP contribution in [0.2, 0.25) is 5.28 Å². The van der Waals surface area contributed by atoms with E-state index >= 15 is 0 Å². The van der Waals surface area contributed by atoms with E-state index in [1.54, 1.807) is 0 Å². The van der Waals surface area contributed by atoms with Crippen molar-refractivity contribution in [3.8, 4) is 0 Å². The molecule has 0 aromatic heterocycles. The van der Waals surface area contributed by atoms with Gasteiger partial charge >= 0.3 is 5.97 Å². The zero-order valence-electron chi connectivity index (χ0n) is 7.39. The van der Waals surface area contributed by atoms with E-state index in [2.05, 4.69) is 6.92 Å². The summed E-state index contributed by atoms with van der Waals surface area (Å²) in [5, 5.41) is 9.32. The lowest BCUT2D eigenvalue weighted by atomic mass is 10.3. The van der Waals surface area contributed by atoms with Crippen molar-refractivity contribution < 1.29 is 14.7 Å². The van der Waals surface area contributed by atoms with Crippen molar-refractivity contribution in [2.24, 2.45) is 0 Å². The van der Waals surface area contributed by atoms with Crippen LogP contribution < -0.4 is 0 Å². The van der Waals surface area contributed by atoms with Crippen LogP contribution in [-0.2, 0) is 9.59 Å². The molecule has 64 valence electrons. The largest absolute Gasteiger partial charge is 0.481 e. The Balaban J connectivity index is 0. The number of carboxylic acid groups (broad SMARTS) is 1. The third-order valence-electron chi connectivity index (χ3n) is 0.900. The Bertz CT molecular complexity index is 109. The molecule has 0 aliphatic heterocycles. The lowest BCUT2D eigenvalue weighted by Gasteiger charge is -1.80. The molecule has 0 saturated carbocycles. The van der Waals surface area contributed by atoms with Gasteiger partial charge in [-0.25, -0.2) is 0 Å². The first-order chi connectivity index (χ1) is 5.04. The predicted octanol–water partition coefficient (Wildman–Crippen LogP) is 0.498. The fraction of sp³-hybridized carbons (Fsp3) is 0.714. The molecule has 0 bridgehead atoms. The Morgan fingerprint density at radius 1 is 1.45 bits per heavy atom. The van der Waals surface area contributed by atoms with Gasteiger partial charge in [-0.1, -0.05) is 13.3 Å². The number of carboxylic acids is 1. The fourth-order valence-corrected chi connectivity index (χ4v) is 0.213. The summed E-state index contributed by atoms with van der Waals surface area (Å²) in [7, 11) is 0. The molecule has 0 amide bonds. The Kier molecular flexibility index (Phi) is 11.7. The van der Waals surface area contributed by atoms with Gasteiger partial charge < -0.3 is 5.11 Å². The maximum absolute atomic E-state index is 9.87. The smallest absolute Gasteiger partial charge is 0.310 e. The van der Waals surface area contributed by atoms with E-state index in [0.717, 1.165) is 0 Å². The Labute approximate surface area is 75.2 Å². The van der Waals surface area contributed by atoms with Crippen molar-refractivity contribution in [1.29, 1.82) is 0 Å². The second-order valence-corrected chi connectivity index (χ2v) is 3.27. The van der Waals surface area contributed by atoms with Crippen LogP contribution in [0.15, 0.2) is 0 Å². The van der Waals surface area contributed by atoms with Crippen LogP contribution >= 0.6 is 0 Å². The van der Waals surface area contributed by atoms with Crippen molar-refractivity contribution in [1.82, 2.24) is 0 Å². The second kappa shape index (κ2) is 9.67. The van der Waals surface area contributed by atoms with E-state index < -0.39 is 5.97 Å². The molecule has 0 spiro atoms. The highest BCUT2D eigenvalue weighted by Crippen LogP contribution is 1.77. The van der Waals surface area contributed by atoms with Crippen LogP contribution in [0.25, 0.3) is 0 Å². The van der Waals surface area contributed by atoms with Gasteiger partial charge in [-0.3, -0.25) is 9.59 Å². The monoisotopic (exact) mass is 174 g/mol. The molecule has 0 radical (unpaired) electrons. The molecule has 0 unspecified atom stereocenters. The van der Waals surface area contributed by atoms with Gasteiger partial charge in [-0.15, -0.1) is 5.28 Å². The molecule has 4 heteroatoms. The molecule has 1 N–H and O–H groups in total. The number of Topliss-reactive ketones (excluding diaryl/α,β-unsaturated/α-hetero) is 1. The lowest BCUT2D eigenvalue weighted by Crippen LogP contribution is -2.00. The van der Waals surface area contributed by atoms with Crippen LogP contribution in [0.1, 0.15) is 26.7 Å².